The van der Waals surface area contributed by atoms with Gasteiger partial charge in [0.25, 0.3) is 0 Å². The minimum absolute atomic E-state index is 0.0900. The van der Waals surface area contributed by atoms with E-state index in [9.17, 15) is 12.8 Å². The fourth-order valence-corrected chi connectivity index (χ4v) is 6.03. The average Bonchev–Trinajstić information content (AvgIpc) is 3.47. The summed E-state index contributed by atoms with van der Waals surface area (Å²) in [4.78, 5) is 4.64. The van der Waals surface area contributed by atoms with Gasteiger partial charge in [0.1, 0.15) is 0 Å². The van der Waals surface area contributed by atoms with E-state index in [4.69, 9.17) is 0 Å². The lowest BCUT2D eigenvalue weighted by Crippen LogP contribution is -2.12. The number of aromatic amines is 1. The largest absolute Gasteiger partial charge is 0.336 e. The Balaban J connectivity index is 1.29. The van der Waals surface area contributed by atoms with Crippen molar-refractivity contribution in [3.8, 4) is 0 Å². The minimum Gasteiger partial charge on any atom is -0.336 e. The number of aromatic nitrogens is 3. The van der Waals surface area contributed by atoms with Gasteiger partial charge in [-0.2, -0.15) is 5.10 Å². The summed E-state index contributed by atoms with van der Waals surface area (Å²) < 4.78 is 40.7. The number of sulfonamides is 1. The Hall–Kier alpha value is -2.94. The predicted octanol–water partition coefficient (Wildman–Crippen LogP) is 5.29. The second-order valence-corrected chi connectivity index (χ2v) is 11.8. The first-order chi connectivity index (χ1) is 15.6. The van der Waals surface area contributed by atoms with Crippen LogP contribution in [-0.2, 0) is 21.2 Å². The van der Waals surface area contributed by atoms with Crippen molar-refractivity contribution in [1.29, 1.82) is 0 Å². The quantitative estimate of drug-likeness (QED) is 0.482. The molecule has 1 aliphatic heterocycles. The predicted molar refractivity (Wildman–Crippen MR) is 127 cm³/mol. The van der Waals surface area contributed by atoms with Crippen LogP contribution in [0.15, 0.2) is 36.5 Å². The third kappa shape index (κ3) is 4.34. The smallest absolute Gasteiger partial charge is 0.237 e. The molecule has 0 spiro atoms. The van der Waals surface area contributed by atoms with Crippen LogP contribution in [0.4, 0.5) is 21.6 Å². The summed E-state index contributed by atoms with van der Waals surface area (Å²) in [6.07, 6.45) is 4.99. The highest BCUT2D eigenvalue weighted by atomic mass is 32.2. The highest BCUT2D eigenvalue weighted by molar-refractivity contribution is 7.92. The number of halogens is 1. The topological polar surface area (TPSA) is 99.8 Å². The van der Waals surface area contributed by atoms with Crippen molar-refractivity contribution in [3.63, 3.8) is 0 Å². The maximum atomic E-state index is 14.9. The molecule has 0 bridgehead atoms. The molecule has 174 valence electrons. The van der Waals surface area contributed by atoms with Crippen molar-refractivity contribution in [2.24, 2.45) is 0 Å². The zero-order valence-electron chi connectivity index (χ0n) is 18.9. The highest BCUT2D eigenvalue weighted by Crippen LogP contribution is 2.43. The van der Waals surface area contributed by atoms with E-state index in [0.717, 1.165) is 30.7 Å². The number of H-pyrrole nitrogens is 1. The number of rotatable bonds is 4. The Morgan fingerprint density at radius 1 is 1.12 bits per heavy atom. The molecule has 7 nitrogen and oxygen atoms in total. The van der Waals surface area contributed by atoms with Gasteiger partial charge in [0.05, 0.1) is 17.1 Å². The first-order valence-electron chi connectivity index (χ1n) is 11.2. The lowest BCUT2D eigenvalue weighted by Gasteiger charge is -2.20. The molecule has 1 saturated carbocycles. The van der Waals surface area contributed by atoms with Gasteiger partial charge in [-0.05, 0) is 54.5 Å². The van der Waals surface area contributed by atoms with Gasteiger partial charge < -0.3 is 5.32 Å². The number of hydrogen-bond donors (Lipinski definition) is 3. The molecular weight excluding hydrogens is 441 g/mol. The van der Waals surface area contributed by atoms with E-state index < -0.39 is 15.8 Å². The minimum atomic E-state index is -3.51. The van der Waals surface area contributed by atoms with E-state index in [-0.39, 0.29) is 22.4 Å². The molecule has 0 radical (unpaired) electrons. The summed E-state index contributed by atoms with van der Waals surface area (Å²) in [6, 6.07) is 9.33. The van der Waals surface area contributed by atoms with E-state index >= 15 is 0 Å². The van der Waals surface area contributed by atoms with E-state index in [1.807, 2.05) is 12.3 Å². The van der Waals surface area contributed by atoms with Gasteiger partial charge in [-0.1, -0.05) is 20.8 Å². The van der Waals surface area contributed by atoms with Crippen molar-refractivity contribution in [2.75, 3.05) is 10.0 Å². The molecule has 1 fully saturated rings. The van der Waals surface area contributed by atoms with Crippen LogP contribution in [0.25, 0.3) is 0 Å². The summed E-state index contributed by atoms with van der Waals surface area (Å²) in [6.45, 7) is 6.63. The number of benzene rings is 1. The first-order valence-corrected chi connectivity index (χ1v) is 12.8. The van der Waals surface area contributed by atoms with Crippen molar-refractivity contribution < 1.29 is 12.8 Å². The van der Waals surface area contributed by atoms with Crippen LogP contribution in [0.5, 0.6) is 0 Å². The van der Waals surface area contributed by atoms with Gasteiger partial charge in [-0.25, -0.2) is 12.8 Å². The van der Waals surface area contributed by atoms with E-state index in [1.54, 1.807) is 6.07 Å². The maximum Gasteiger partial charge on any atom is 0.237 e. The molecule has 33 heavy (non-hydrogen) atoms. The summed E-state index contributed by atoms with van der Waals surface area (Å²) in [5.74, 6) is 0.312. The molecule has 5 rings (SSSR count). The number of nitrogens with one attached hydrogen (secondary N) is 3. The summed E-state index contributed by atoms with van der Waals surface area (Å²) in [5, 5.41) is 10.4. The average molecular weight is 470 g/mol. The zero-order chi connectivity index (χ0) is 23.4. The van der Waals surface area contributed by atoms with Crippen LogP contribution >= 0.6 is 0 Å². The Bertz CT molecular complexity index is 1310. The van der Waals surface area contributed by atoms with Crippen molar-refractivity contribution in [2.45, 2.75) is 63.0 Å². The van der Waals surface area contributed by atoms with Crippen LogP contribution in [-0.4, -0.2) is 23.6 Å². The Labute approximate surface area is 193 Å². The molecular formula is C24H28FN5O2S. The molecule has 2 aliphatic rings. The molecule has 1 aliphatic carbocycles. The van der Waals surface area contributed by atoms with Gasteiger partial charge in [0, 0.05) is 41.1 Å². The molecule has 2 unspecified atom stereocenters. The van der Waals surface area contributed by atoms with Crippen LogP contribution in [0.3, 0.4) is 0 Å². The zero-order valence-corrected chi connectivity index (χ0v) is 19.8. The number of hydrogen-bond acceptors (Lipinski definition) is 5. The normalized spacial score (nSPS) is 21.6. The maximum absolute atomic E-state index is 14.9. The number of pyridine rings is 1. The fourth-order valence-electron chi connectivity index (χ4n) is 4.77. The SMILES string of the molecule is CC(C)(C)c1ccnc(C2CCC(c3cc(Nc4ccc5c(c4F)CS(=O)(=O)N5)n[nH]3)C2)c1. The van der Waals surface area contributed by atoms with E-state index in [1.165, 1.54) is 11.6 Å². The molecule has 9 heteroatoms. The molecule has 0 amide bonds. The second-order valence-electron chi connectivity index (χ2n) is 10.1. The summed E-state index contributed by atoms with van der Waals surface area (Å²) in [7, 11) is -3.51. The standard InChI is InChI=1S/C24H28FN5O2S/c1-24(2,3)16-8-9-26-20(11-16)14-4-5-15(10-14)21-12-22(29-28-21)27-19-7-6-18-17(23(19)25)13-33(31,32)30-18/h6-9,11-12,14-15,30H,4-5,10,13H2,1-3H3,(H2,27,28,29). The lowest BCUT2D eigenvalue weighted by molar-refractivity contribution is 0.583. The molecule has 2 atom stereocenters. The number of anilines is 3. The third-order valence-electron chi connectivity index (χ3n) is 6.64. The number of nitrogens with zero attached hydrogens (tertiary/aromatic N) is 2. The van der Waals surface area contributed by atoms with Crippen molar-refractivity contribution >= 4 is 27.2 Å². The summed E-state index contributed by atoms with van der Waals surface area (Å²) in [5.41, 5.74) is 4.19. The lowest BCUT2D eigenvalue weighted by atomic mass is 9.86. The summed E-state index contributed by atoms with van der Waals surface area (Å²) >= 11 is 0. The van der Waals surface area contributed by atoms with Crippen LogP contribution in [0.1, 0.15) is 74.4 Å². The van der Waals surface area contributed by atoms with Gasteiger partial charge in [0.2, 0.25) is 10.0 Å². The van der Waals surface area contributed by atoms with Gasteiger partial charge in [-0.15, -0.1) is 0 Å². The van der Waals surface area contributed by atoms with Crippen molar-refractivity contribution in [1.82, 2.24) is 15.2 Å². The van der Waals surface area contributed by atoms with Gasteiger partial charge >= 0.3 is 0 Å². The molecule has 0 saturated heterocycles. The number of fused-ring (bicyclic) bond motifs is 1. The first kappa shape index (κ1) is 21.9. The highest BCUT2D eigenvalue weighted by Gasteiger charge is 2.31. The van der Waals surface area contributed by atoms with E-state index in [2.05, 4.69) is 58.1 Å². The Morgan fingerprint density at radius 2 is 1.91 bits per heavy atom. The monoisotopic (exact) mass is 469 g/mol. The fraction of sp³-hybridized carbons (Fsp3) is 0.417. The molecule has 3 N–H and O–H groups in total. The van der Waals surface area contributed by atoms with Crippen LogP contribution in [0, 0.1) is 5.82 Å². The van der Waals surface area contributed by atoms with Crippen LogP contribution < -0.4 is 10.0 Å². The second kappa shape index (κ2) is 7.83. The third-order valence-corrected chi connectivity index (χ3v) is 7.84. The van der Waals surface area contributed by atoms with Gasteiger partial charge in [-0.3, -0.25) is 14.8 Å². The molecule has 3 heterocycles. The van der Waals surface area contributed by atoms with Crippen molar-refractivity contribution in [3.05, 3.63) is 64.9 Å². The van der Waals surface area contributed by atoms with Crippen LogP contribution in [0.2, 0.25) is 0 Å². The Morgan fingerprint density at radius 3 is 2.70 bits per heavy atom. The Kier molecular flexibility index (Phi) is 5.19. The molecule has 3 aromatic rings. The molecule has 2 aromatic heterocycles. The van der Waals surface area contributed by atoms with E-state index in [0.29, 0.717) is 23.3 Å². The van der Waals surface area contributed by atoms with Gasteiger partial charge in [0.15, 0.2) is 11.6 Å². The molecule has 1 aromatic carbocycles.